The van der Waals surface area contributed by atoms with E-state index in [0.717, 1.165) is 57.4 Å². The molecule has 0 atom stereocenters. The third-order valence-corrected chi connectivity index (χ3v) is 5.37. The van der Waals surface area contributed by atoms with Crippen LogP contribution in [0.25, 0.3) is 0 Å². The summed E-state index contributed by atoms with van der Waals surface area (Å²) in [4.78, 5) is 4.39. The van der Waals surface area contributed by atoms with Crippen LogP contribution in [0.3, 0.4) is 0 Å². The van der Waals surface area contributed by atoms with Crippen LogP contribution in [0, 0.1) is 0 Å². The van der Waals surface area contributed by atoms with E-state index < -0.39 is 0 Å². The van der Waals surface area contributed by atoms with Crippen molar-refractivity contribution in [2.24, 2.45) is 4.99 Å². The molecule has 152 valence electrons. The molecule has 0 unspecified atom stereocenters. The summed E-state index contributed by atoms with van der Waals surface area (Å²) in [5.74, 6) is 1.76. The van der Waals surface area contributed by atoms with Crippen LogP contribution in [-0.2, 0) is 16.7 Å². The van der Waals surface area contributed by atoms with E-state index in [0.29, 0.717) is 6.61 Å². The van der Waals surface area contributed by atoms with Gasteiger partial charge >= 0.3 is 0 Å². The fourth-order valence-electron chi connectivity index (χ4n) is 3.70. The van der Waals surface area contributed by atoms with Crippen molar-refractivity contribution in [1.82, 2.24) is 15.2 Å². The van der Waals surface area contributed by atoms with E-state index in [-0.39, 0.29) is 5.41 Å². The molecule has 0 aliphatic carbocycles. The zero-order chi connectivity index (χ0) is 19.7. The Kier molecular flexibility index (Phi) is 7.37. The average molecular weight is 385 g/mol. The van der Waals surface area contributed by atoms with Crippen LogP contribution in [0.15, 0.2) is 53.8 Å². The largest absolute Gasteiger partial charge is 0.494 e. The third-order valence-electron chi connectivity index (χ3n) is 5.37. The van der Waals surface area contributed by atoms with Gasteiger partial charge in [0.05, 0.1) is 6.61 Å². The maximum absolute atomic E-state index is 5.65. The summed E-state index contributed by atoms with van der Waals surface area (Å²) in [6.07, 6.45) is 6.13. The molecule has 0 radical (unpaired) electrons. The zero-order valence-electron chi connectivity index (χ0n) is 17.0. The standard InChI is InChI=1S/C22H32N4O2/c1-3-28-20-8-6-19(7-9-20)22(10-16-27-17-11-22)18-25-21(23-2)24-12-15-26-13-4-5-14-26/h4-9,13-14H,3,10-12,15-18H2,1-2H3,(H2,23,24,25). The number of rotatable bonds is 8. The van der Waals surface area contributed by atoms with E-state index in [1.807, 2.05) is 26.1 Å². The van der Waals surface area contributed by atoms with Gasteiger partial charge in [-0.25, -0.2) is 0 Å². The first-order valence-electron chi connectivity index (χ1n) is 10.1. The molecular formula is C22H32N4O2. The fraction of sp³-hybridized carbons (Fsp3) is 0.500. The van der Waals surface area contributed by atoms with Crippen LogP contribution in [0.5, 0.6) is 5.75 Å². The predicted molar refractivity (Wildman–Crippen MR) is 113 cm³/mol. The summed E-state index contributed by atoms with van der Waals surface area (Å²) in [5, 5.41) is 6.95. The van der Waals surface area contributed by atoms with Crippen molar-refractivity contribution in [2.75, 3.05) is 40.0 Å². The molecule has 28 heavy (non-hydrogen) atoms. The van der Waals surface area contributed by atoms with Crippen LogP contribution < -0.4 is 15.4 Å². The number of hydrogen-bond acceptors (Lipinski definition) is 3. The van der Waals surface area contributed by atoms with Gasteiger partial charge < -0.3 is 24.7 Å². The Morgan fingerprint density at radius 1 is 1.14 bits per heavy atom. The number of guanidine groups is 1. The van der Waals surface area contributed by atoms with Crippen LogP contribution in [0.1, 0.15) is 25.3 Å². The van der Waals surface area contributed by atoms with Gasteiger partial charge in [0.2, 0.25) is 0 Å². The van der Waals surface area contributed by atoms with Gasteiger partial charge in [-0.2, -0.15) is 0 Å². The minimum atomic E-state index is 0.0427. The number of benzene rings is 1. The molecular weight excluding hydrogens is 352 g/mol. The minimum absolute atomic E-state index is 0.0427. The van der Waals surface area contributed by atoms with E-state index in [1.165, 1.54) is 5.56 Å². The lowest BCUT2D eigenvalue weighted by Crippen LogP contribution is -2.48. The Morgan fingerprint density at radius 2 is 1.86 bits per heavy atom. The van der Waals surface area contributed by atoms with Crippen molar-refractivity contribution in [3.63, 3.8) is 0 Å². The van der Waals surface area contributed by atoms with Crippen LogP contribution in [0.4, 0.5) is 0 Å². The molecule has 6 heteroatoms. The summed E-state index contributed by atoms with van der Waals surface area (Å²) in [5.41, 5.74) is 1.37. The molecule has 0 saturated carbocycles. The highest BCUT2D eigenvalue weighted by Crippen LogP contribution is 2.35. The van der Waals surface area contributed by atoms with E-state index in [4.69, 9.17) is 9.47 Å². The summed E-state index contributed by atoms with van der Waals surface area (Å²) in [6, 6.07) is 12.6. The molecule has 1 fully saturated rings. The second-order valence-electron chi connectivity index (χ2n) is 7.12. The van der Waals surface area contributed by atoms with Gasteiger partial charge in [-0.15, -0.1) is 0 Å². The smallest absolute Gasteiger partial charge is 0.191 e. The van der Waals surface area contributed by atoms with Crippen molar-refractivity contribution >= 4 is 5.96 Å². The Morgan fingerprint density at radius 3 is 2.50 bits per heavy atom. The highest BCUT2D eigenvalue weighted by atomic mass is 16.5. The summed E-state index contributed by atoms with van der Waals surface area (Å²) < 4.78 is 13.4. The molecule has 0 spiro atoms. The topological polar surface area (TPSA) is 59.8 Å². The van der Waals surface area contributed by atoms with Crippen LogP contribution in [0.2, 0.25) is 0 Å². The Labute approximate surface area is 168 Å². The second kappa shape index (κ2) is 10.2. The van der Waals surface area contributed by atoms with Crippen LogP contribution >= 0.6 is 0 Å². The lowest BCUT2D eigenvalue weighted by atomic mass is 9.74. The summed E-state index contributed by atoms with van der Waals surface area (Å²) >= 11 is 0. The van der Waals surface area contributed by atoms with Gasteiger partial charge in [-0.05, 0) is 49.6 Å². The molecule has 0 amide bonds. The summed E-state index contributed by atoms with van der Waals surface area (Å²) in [7, 11) is 1.82. The Hall–Kier alpha value is -2.47. The molecule has 1 aromatic heterocycles. The van der Waals surface area contributed by atoms with Crippen molar-refractivity contribution in [3.05, 3.63) is 54.4 Å². The number of nitrogens with one attached hydrogen (secondary N) is 2. The van der Waals surface area contributed by atoms with Crippen molar-refractivity contribution < 1.29 is 9.47 Å². The molecule has 1 aliphatic rings. The number of aliphatic imine (C=N–C) groups is 1. The average Bonchev–Trinajstić information content (AvgIpc) is 3.25. The van der Waals surface area contributed by atoms with Crippen molar-refractivity contribution in [2.45, 2.75) is 31.7 Å². The number of ether oxygens (including phenoxy) is 2. The fourth-order valence-corrected chi connectivity index (χ4v) is 3.70. The number of aromatic nitrogens is 1. The van der Waals surface area contributed by atoms with Gasteiger partial charge in [0, 0.05) is 57.7 Å². The van der Waals surface area contributed by atoms with Gasteiger partial charge in [0.1, 0.15) is 5.75 Å². The summed E-state index contributed by atoms with van der Waals surface area (Å²) in [6.45, 7) is 6.83. The number of nitrogens with zero attached hydrogens (tertiary/aromatic N) is 2. The van der Waals surface area contributed by atoms with E-state index in [9.17, 15) is 0 Å². The van der Waals surface area contributed by atoms with E-state index in [1.54, 1.807) is 0 Å². The molecule has 1 aromatic carbocycles. The molecule has 3 rings (SSSR count). The molecule has 6 nitrogen and oxygen atoms in total. The maximum Gasteiger partial charge on any atom is 0.191 e. The quantitative estimate of drug-likeness (QED) is 0.543. The highest BCUT2D eigenvalue weighted by molar-refractivity contribution is 5.79. The Bertz CT molecular complexity index is 720. The molecule has 2 aromatic rings. The Balaban J connectivity index is 1.61. The first kappa shape index (κ1) is 20.3. The lowest BCUT2D eigenvalue weighted by Gasteiger charge is -2.38. The normalized spacial score (nSPS) is 16.6. The van der Waals surface area contributed by atoms with Gasteiger partial charge in [-0.3, -0.25) is 4.99 Å². The predicted octanol–water partition coefficient (Wildman–Crippen LogP) is 2.80. The lowest BCUT2D eigenvalue weighted by molar-refractivity contribution is 0.0513. The monoisotopic (exact) mass is 384 g/mol. The van der Waals surface area contributed by atoms with Gasteiger partial charge in [0.25, 0.3) is 0 Å². The molecule has 2 heterocycles. The second-order valence-corrected chi connectivity index (χ2v) is 7.12. The SMILES string of the molecule is CCOc1ccc(C2(CNC(=NC)NCCn3cccc3)CCOCC2)cc1. The van der Waals surface area contributed by atoms with E-state index in [2.05, 4.69) is 56.9 Å². The first-order valence-corrected chi connectivity index (χ1v) is 10.1. The first-order chi connectivity index (χ1) is 13.8. The molecule has 0 bridgehead atoms. The molecule has 1 aliphatic heterocycles. The number of hydrogen-bond donors (Lipinski definition) is 2. The maximum atomic E-state index is 5.65. The van der Waals surface area contributed by atoms with Crippen molar-refractivity contribution in [3.8, 4) is 5.75 Å². The minimum Gasteiger partial charge on any atom is -0.494 e. The molecule has 1 saturated heterocycles. The van der Waals surface area contributed by atoms with Crippen LogP contribution in [-0.4, -0.2) is 50.5 Å². The highest BCUT2D eigenvalue weighted by Gasteiger charge is 2.34. The molecule has 2 N–H and O–H groups in total. The van der Waals surface area contributed by atoms with Crippen molar-refractivity contribution in [1.29, 1.82) is 0 Å². The van der Waals surface area contributed by atoms with Gasteiger partial charge in [-0.1, -0.05) is 12.1 Å². The van der Waals surface area contributed by atoms with E-state index >= 15 is 0 Å². The zero-order valence-corrected chi connectivity index (χ0v) is 17.0. The van der Waals surface area contributed by atoms with Gasteiger partial charge in [0.15, 0.2) is 5.96 Å². The third kappa shape index (κ3) is 5.29.